The minimum atomic E-state index is 0.818. The van der Waals surface area contributed by atoms with Crippen LogP contribution >= 0.6 is 0 Å². The first kappa shape index (κ1) is 35.2. The normalized spacial score (nSPS) is 11.5. The zero-order valence-corrected chi connectivity index (χ0v) is 32.9. The third kappa shape index (κ3) is 6.51. The smallest absolute Gasteiger partial charge is 0.135 e. The molecule has 2 nitrogen and oxygen atoms in total. The Labute approximate surface area is 350 Å². The van der Waals surface area contributed by atoms with Gasteiger partial charge in [0.05, 0.1) is 0 Å². The molecule has 1 aliphatic rings. The van der Waals surface area contributed by atoms with Crippen molar-refractivity contribution < 1.29 is 4.74 Å². The third-order valence-electron chi connectivity index (χ3n) is 11.7. The molecule has 0 fully saturated rings. The number of nitrogens with zero attached hydrogens (tertiary/aromatic N) is 1. The number of hydrogen-bond acceptors (Lipinski definition) is 2. The first-order chi connectivity index (χ1) is 29.7. The van der Waals surface area contributed by atoms with Gasteiger partial charge in [0.1, 0.15) is 11.5 Å². The number of hydrogen-bond donors (Lipinski definition) is 0. The van der Waals surface area contributed by atoms with Crippen LogP contribution in [0.15, 0.2) is 237 Å². The van der Waals surface area contributed by atoms with Crippen molar-refractivity contribution in [2.24, 2.45) is 0 Å². The van der Waals surface area contributed by atoms with Crippen LogP contribution in [0.5, 0.6) is 11.5 Å². The summed E-state index contributed by atoms with van der Waals surface area (Å²) in [6.07, 6.45) is 0. The van der Waals surface area contributed by atoms with E-state index in [1.165, 1.54) is 33.0 Å². The standard InChI is InChI=1S/C58H39NO/c1-4-13-40(14-5-1)43-23-25-45(26-24-43)48-30-35-53-54(38-48)55-39-51(34-36-56(55)60-57-22-12-21-52(58(53)57)46-18-8-3-9-19-46)59(50-33-29-42-17-10-11-20-47(42)37-50)49-31-27-44(28-32-49)41-15-6-2-7-16-41/h1-39H. The van der Waals surface area contributed by atoms with E-state index >= 15 is 0 Å². The molecule has 0 saturated heterocycles. The van der Waals surface area contributed by atoms with E-state index in [1.807, 2.05) is 0 Å². The lowest BCUT2D eigenvalue weighted by Gasteiger charge is -2.27. The summed E-state index contributed by atoms with van der Waals surface area (Å²) in [6, 6.07) is 84.8. The molecule has 0 spiro atoms. The van der Waals surface area contributed by atoms with Gasteiger partial charge in [0.25, 0.3) is 0 Å². The van der Waals surface area contributed by atoms with E-state index in [-0.39, 0.29) is 0 Å². The molecule has 2 heteroatoms. The molecule has 0 aromatic heterocycles. The Morgan fingerprint density at radius 1 is 0.250 bits per heavy atom. The molecule has 1 aliphatic heterocycles. The minimum Gasteiger partial charge on any atom is -0.456 e. The van der Waals surface area contributed by atoms with Crippen molar-refractivity contribution in [3.05, 3.63) is 237 Å². The van der Waals surface area contributed by atoms with Gasteiger partial charge in [-0.3, -0.25) is 0 Å². The zero-order valence-electron chi connectivity index (χ0n) is 32.9. The van der Waals surface area contributed by atoms with Gasteiger partial charge in [-0.15, -0.1) is 0 Å². The summed E-state index contributed by atoms with van der Waals surface area (Å²) in [7, 11) is 0. The van der Waals surface area contributed by atoms with Crippen molar-refractivity contribution in [3.63, 3.8) is 0 Å². The van der Waals surface area contributed by atoms with Crippen molar-refractivity contribution in [1.29, 1.82) is 0 Å². The highest BCUT2D eigenvalue weighted by Gasteiger charge is 2.26. The van der Waals surface area contributed by atoms with Crippen LogP contribution in [0.25, 0.3) is 77.5 Å². The first-order valence-electron chi connectivity index (χ1n) is 20.5. The van der Waals surface area contributed by atoms with E-state index in [0.717, 1.165) is 73.1 Å². The van der Waals surface area contributed by atoms with E-state index < -0.39 is 0 Å². The maximum Gasteiger partial charge on any atom is 0.135 e. The Bertz CT molecular complexity index is 3140. The van der Waals surface area contributed by atoms with E-state index in [2.05, 4.69) is 241 Å². The van der Waals surface area contributed by atoms with Crippen LogP contribution < -0.4 is 9.64 Å². The van der Waals surface area contributed by atoms with Gasteiger partial charge >= 0.3 is 0 Å². The fraction of sp³-hybridized carbons (Fsp3) is 0. The highest BCUT2D eigenvalue weighted by Crippen LogP contribution is 2.52. The van der Waals surface area contributed by atoms with Gasteiger partial charge < -0.3 is 9.64 Å². The second kappa shape index (κ2) is 15.1. The highest BCUT2D eigenvalue weighted by atomic mass is 16.5. The van der Waals surface area contributed by atoms with E-state index in [9.17, 15) is 0 Å². The Morgan fingerprint density at radius 2 is 0.767 bits per heavy atom. The number of rotatable bonds is 7. The maximum absolute atomic E-state index is 7.01. The lowest BCUT2D eigenvalue weighted by atomic mass is 9.87. The molecule has 0 unspecified atom stereocenters. The Kier molecular flexibility index (Phi) is 8.87. The van der Waals surface area contributed by atoms with Crippen molar-refractivity contribution in [2.75, 3.05) is 4.90 Å². The van der Waals surface area contributed by atoms with E-state index in [0.29, 0.717) is 0 Å². The van der Waals surface area contributed by atoms with Crippen molar-refractivity contribution in [1.82, 2.24) is 0 Å². The van der Waals surface area contributed by atoms with Gasteiger partial charge in [-0.2, -0.15) is 0 Å². The fourth-order valence-electron chi connectivity index (χ4n) is 8.67. The molecule has 282 valence electrons. The van der Waals surface area contributed by atoms with E-state index in [4.69, 9.17) is 4.74 Å². The Morgan fingerprint density at radius 3 is 1.45 bits per heavy atom. The summed E-state index contributed by atoms with van der Waals surface area (Å²) < 4.78 is 7.01. The quantitative estimate of drug-likeness (QED) is 0.160. The average Bonchev–Trinajstić information content (AvgIpc) is 3.47. The monoisotopic (exact) mass is 765 g/mol. The van der Waals surface area contributed by atoms with E-state index in [1.54, 1.807) is 0 Å². The summed E-state index contributed by atoms with van der Waals surface area (Å²) in [4.78, 5) is 2.36. The molecule has 0 radical (unpaired) electrons. The topological polar surface area (TPSA) is 12.5 Å². The van der Waals surface area contributed by atoms with Crippen molar-refractivity contribution in [2.45, 2.75) is 0 Å². The van der Waals surface area contributed by atoms with Gasteiger partial charge in [-0.05, 0) is 121 Å². The van der Waals surface area contributed by atoms with Crippen molar-refractivity contribution in [3.8, 4) is 78.3 Å². The molecule has 0 atom stereocenters. The lowest BCUT2D eigenvalue weighted by molar-refractivity contribution is 0.488. The molecular weight excluding hydrogens is 727 g/mol. The van der Waals surface area contributed by atoms with Crippen LogP contribution in [-0.2, 0) is 0 Å². The molecule has 0 saturated carbocycles. The summed E-state index contributed by atoms with van der Waals surface area (Å²) in [5.74, 6) is 1.66. The van der Waals surface area contributed by atoms with Gasteiger partial charge in [0.2, 0.25) is 0 Å². The second-order valence-corrected chi connectivity index (χ2v) is 15.3. The molecule has 0 bridgehead atoms. The highest BCUT2D eigenvalue weighted by molar-refractivity contribution is 6.00. The molecule has 0 N–H and O–H groups in total. The molecule has 0 aliphatic carbocycles. The average molecular weight is 766 g/mol. The number of benzene rings is 10. The molecule has 10 aromatic rings. The van der Waals surface area contributed by atoms with Gasteiger partial charge in [0.15, 0.2) is 0 Å². The number of anilines is 3. The van der Waals surface area contributed by atoms with Crippen LogP contribution in [0.2, 0.25) is 0 Å². The molecule has 60 heavy (non-hydrogen) atoms. The molecule has 1 heterocycles. The minimum absolute atomic E-state index is 0.818. The van der Waals surface area contributed by atoms with Crippen LogP contribution in [0, 0.1) is 0 Å². The molecule has 11 rings (SSSR count). The second-order valence-electron chi connectivity index (χ2n) is 15.3. The van der Waals surface area contributed by atoms with Crippen LogP contribution in [0.3, 0.4) is 0 Å². The molecule has 10 aromatic carbocycles. The van der Waals surface area contributed by atoms with Gasteiger partial charge in [-0.1, -0.05) is 182 Å². The maximum atomic E-state index is 7.01. The summed E-state index contributed by atoms with van der Waals surface area (Å²) in [6.45, 7) is 0. The van der Waals surface area contributed by atoms with Gasteiger partial charge in [-0.25, -0.2) is 0 Å². The summed E-state index contributed by atoms with van der Waals surface area (Å²) in [5.41, 5.74) is 16.9. The van der Waals surface area contributed by atoms with Crippen LogP contribution in [0.4, 0.5) is 17.1 Å². The fourth-order valence-corrected chi connectivity index (χ4v) is 8.67. The third-order valence-corrected chi connectivity index (χ3v) is 11.7. The largest absolute Gasteiger partial charge is 0.456 e. The Balaban J connectivity index is 1.10. The zero-order chi connectivity index (χ0) is 39.8. The molecule has 0 amide bonds. The predicted octanol–water partition coefficient (Wildman–Crippen LogP) is 16.4. The molecular formula is C58H39NO. The van der Waals surface area contributed by atoms with Crippen LogP contribution in [0.1, 0.15) is 0 Å². The predicted molar refractivity (Wildman–Crippen MR) is 251 cm³/mol. The number of fused-ring (bicyclic) bond motifs is 6. The van der Waals surface area contributed by atoms with Crippen LogP contribution in [-0.4, -0.2) is 0 Å². The first-order valence-corrected chi connectivity index (χ1v) is 20.5. The van der Waals surface area contributed by atoms with Crippen molar-refractivity contribution >= 4 is 27.8 Å². The Hall–Kier alpha value is -7.94. The summed E-state index contributed by atoms with van der Waals surface area (Å²) in [5, 5.41) is 2.40. The SMILES string of the molecule is c1ccc(-c2ccc(-c3ccc4c(c3)-c3cc(N(c5ccc(-c6ccccc6)cc5)c5ccc6ccccc6c5)ccc3Oc3cccc(-c5ccccc5)c3-4)cc2)cc1. The summed E-state index contributed by atoms with van der Waals surface area (Å²) >= 11 is 0. The van der Waals surface area contributed by atoms with Gasteiger partial charge in [0, 0.05) is 28.2 Å². The number of ether oxygens (including phenoxy) is 1. The lowest BCUT2D eigenvalue weighted by Crippen LogP contribution is -2.10.